The van der Waals surface area contributed by atoms with Gasteiger partial charge in [0, 0.05) is 16.5 Å². The van der Waals surface area contributed by atoms with E-state index in [4.69, 9.17) is 17.0 Å². The number of rotatable bonds is 5. The fourth-order valence-corrected chi connectivity index (χ4v) is 4.96. The van der Waals surface area contributed by atoms with Crippen molar-refractivity contribution in [3.63, 3.8) is 0 Å². The lowest BCUT2D eigenvalue weighted by Crippen LogP contribution is -2.54. The highest BCUT2D eigenvalue weighted by atomic mass is 79.9. The number of carbonyl (C=O) groups excluding carboxylic acids is 2. The second-order valence-electron chi connectivity index (χ2n) is 8.15. The van der Waals surface area contributed by atoms with Crippen molar-refractivity contribution < 1.29 is 14.3 Å². The van der Waals surface area contributed by atoms with Gasteiger partial charge < -0.3 is 4.74 Å². The molecule has 0 atom stereocenters. The molecule has 1 aliphatic rings. The molecule has 0 bridgehead atoms. The van der Waals surface area contributed by atoms with Gasteiger partial charge in [0.1, 0.15) is 11.3 Å². The van der Waals surface area contributed by atoms with Crippen molar-refractivity contribution in [1.82, 2.24) is 5.32 Å². The standard InChI is InChI=1S/C27H23BrN2O3S/c1-16-9-17(2)11-18(10-16)12-21-23(28)14-19(15-24(21)33-3)13-22-25(31)29-27(34)30(26(22)32)20-7-5-4-6-8-20/h4-11,13-15H,12H2,1-3H3,(H,29,31,34)/b22-13-. The lowest BCUT2D eigenvalue weighted by Gasteiger charge is -2.28. The maximum absolute atomic E-state index is 13.2. The van der Waals surface area contributed by atoms with E-state index in [1.54, 1.807) is 25.3 Å². The Morgan fingerprint density at radius 1 is 1.03 bits per heavy atom. The van der Waals surface area contributed by atoms with E-state index in [2.05, 4.69) is 53.3 Å². The molecule has 4 rings (SSSR count). The summed E-state index contributed by atoms with van der Waals surface area (Å²) in [5, 5.41) is 2.67. The highest BCUT2D eigenvalue weighted by Crippen LogP contribution is 2.33. The Morgan fingerprint density at radius 3 is 2.35 bits per heavy atom. The number of nitrogens with zero attached hydrogens (tertiary/aromatic N) is 1. The van der Waals surface area contributed by atoms with Crippen LogP contribution in [0.5, 0.6) is 5.75 Å². The lowest BCUT2D eigenvalue weighted by molar-refractivity contribution is -0.122. The topological polar surface area (TPSA) is 58.6 Å². The van der Waals surface area contributed by atoms with Crippen LogP contribution in [0.25, 0.3) is 6.08 Å². The molecule has 1 aliphatic heterocycles. The molecule has 172 valence electrons. The van der Waals surface area contributed by atoms with Gasteiger partial charge in [-0.05, 0) is 67.5 Å². The van der Waals surface area contributed by atoms with Crippen molar-refractivity contribution in [1.29, 1.82) is 0 Å². The van der Waals surface area contributed by atoms with Gasteiger partial charge >= 0.3 is 0 Å². The van der Waals surface area contributed by atoms with Crippen LogP contribution < -0.4 is 15.0 Å². The van der Waals surface area contributed by atoms with Crippen LogP contribution >= 0.6 is 28.1 Å². The van der Waals surface area contributed by atoms with Crippen LogP contribution in [0, 0.1) is 13.8 Å². The van der Waals surface area contributed by atoms with E-state index >= 15 is 0 Å². The summed E-state index contributed by atoms with van der Waals surface area (Å²) >= 11 is 8.92. The third-order valence-electron chi connectivity index (χ3n) is 5.49. The first kappa shape index (κ1) is 23.9. The van der Waals surface area contributed by atoms with Crippen molar-refractivity contribution in [2.24, 2.45) is 0 Å². The summed E-state index contributed by atoms with van der Waals surface area (Å²) in [5.41, 5.74) is 5.81. The molecule has 2 amide bonds. The minimum Gasteiger partial charge on any atom is -0.496 e. The molecular weight excluding hydrogens is 512 g/mol. The molecule has 3 aromatic rings. The van der Waals surface area contributed by atoms with Crippen molar-refractivity contribution in [3.8, 4) is 5.75 Å². The first-order chi connectivity index (χ1) is 16.3. The number of hydrogen-bond acceptors (Lipinski definition) is 4. The SMILES string of the molecule is COc1cc(/C=C2/C(=O)NC(=S)N(c3ccccc3)C2=O)cc(Br)c1Cc1cc(C)cc(C)c1. The summed E-state index contributed by atoms with van der Waals surface area (Å²) < 4.78 is 6.50. The van der Waals surface area contributed by atoms with Gasteiger partial charge in [0.2, 0.25) is 0 Å². The number of benzene rings is 3. The number of amides is 2. The number of hydrogen-bond donors (Lipinski definition) is 1. The van der Waals surface area contributed by atoms with Crippen LogP contribution in [0.3, 0.4) is 0 Å². The predicted octanol–water partition coefficient (Wildman–Crippen LogP) is 5.50. The Hall–Kier alpha value is -3.29. The van der Waals surface area contributed by atoms with E-state index in [1.165, 1.54) is 21.6 Å². The molecule has 7 heteroatoms. The molecule has 0 spiro atoms. The molecule has 1 saturated heterocycles. The van der Waals surface area contributed by atoms with Gasteiger partial charge in [0.25, 0.3) is 11.8 Å². The smallest absolute Gasteiger partial charge is 0.270 e. The zero-order valence-electron chi connectivity index (χ0n) is 19.0. The van der Waals surface area contributed by atoms with Crippen molar-refractivity contribution in [3.05, 3.63) is 98.5 Å². The fourth-order valence-electron chi connectivity index (χ4n) is 4.08. The first-order valence-electron chi connectivity index (χ1n) is 10.7. The number of thiocarbonyl (C=S) groups is 1. The average Bonchev–Trinajstić information content (AvgIpc) is 2.78. The van der Waals surface area contributed by atoms with Gasteiger partial charge in [-0.15, -0.1) is 0 Å². The summed E-state index contributed by atoms with van der Waals surface area (Å²) in [7, 11) is 1.61. The summed E-state index contributed by atoms with van der Waals surface area (Å²) in [6, 6.07) is 19.2. The predicted molar refractivity (Wildman–Crippen MR) is 142 cm³/mol. The normalized spacial score (nSPS) is 15.0. The third-order valence-corrected chi connectivity index (χ3v) is 6.48. The molecule has 0 aliphatic carbocycles. The summed E-state index contributed by atoms with van der Waals surface area (Å²) in [6.45, 7) is 4.16. The summed E-state index contributed by atoms with van der Waals surface area (Å²) in [4.78, 5) is 27.2. The van der Waals surface area contributed by atoms with Crippen LogP contribution in [0.15, 0.2) is 70.7 Å². The van der Waals surface area contributed by atoms with Gasteiger partial charge in [0.15, 0.2) is 5.11 Å². The van der Waals surface area contributed by atoms with Gasteiger partial charge in [-0.2, -0.15) is 0 Å². The van der Waals surface area contributed by atoms with Crippen LogP contribution in [-0.2, 0) is 16.0 Å². The zero-order valence-corrected chi connectivity index (χ0v) is 21.4. The summed E-state index contributed by atoms with van der Waals surface area (Å²) in [6.07, 6.45) is 2.24. The van der Waals surface area contributed by atoms with Crippen molar-refractivity contribution in [2.45, 2.75) is 20.3 Å². The van der Waals surface area contributed by atoms with Crippen LogP contribution in [0.4, 0.5) is 5.69 Å². The Morgan fingerprint density at radius 2 is 1.71 bits per heavy atom. The Labute approximate surface area is 212 Å². The second-order valence-corrected chi connectivity index (χ2v) is 9.39. The number of methoxy groups -OCH3 is 1. The van der Waals surface area contributed by atoms with Crippen LogP contribution in [0.2, 0.25) is 0 Å². The number of para-hydroxylation sites is 1. The number of ether oxygens (including phenoxy) is 1. The van der Waals surface area contributed by atoms with Crippen LogP contribution in [-0.4, -0.2) is 24.0 Å². The minimum atomic E-state index is -0.531. The summed E-state index contributed by atoms with van der Waals surface area (Å²) in [5.74, 6) is -0.342. The second kappa shape index (κ2) is 9.91. The Kier molecular flexibility index (Phi) is 6.95. The van der Waals surface area contributed by atoms with Gasteiger partial charge in [0.05, 0.1) is 12.8 Å². The van der Waals surface area contributed by atoms with E-state index in [-0.39, 0.29) is 10.7 Å². The van der Waals surface area contributed by atoms with Crippen molar-refractivity contribution >= 4 is 56.8 Å². The largest absolute Gasteiger partial charge is 0.496 e. The number of carbonyl (C=O) groups is 2. The number of aryl methyl sites for hydroxylation is 2. The lowest BCUT2D eigenvalue weighted by atomic mass is 9.98. The molecule has 1 fully saturated rings. The number of halogens is 1. The molecule has 5 nitrogen and oxygen atoms in total. The Balaban J connectivity index is 1.70. The van der Waals surface area contributed by atoms with Crippen molar-refractivity contribution in [2.75, 3.05) is 12.0 Å². The molecule has 0 saturated carbocycles. The third kappa shape index (κ3) is 4.95. The van der Waals surface area contributed by atoms with Crippen LogP contribution in [0.1, 0.15) is 27.8 Å². The molecule has 1 heterocycles. The molecule has 0 aromatic heterocycles. The van der Waals surface area contributed by atoms with Gasteiger partial charge in [-0.25, -0.2) is 0 Å². The number of anilines is 1. The monoisotopic (exact) mass is 534 g/mol. The maximum atomic E-state index is 13.2. The molecular formula is C27H23BrN2O3S. The van der Waals surface area contributed by atoms with Gasteiger partial charge in [-0.1, -0.05) is 63.5 Å². The van der Waals surface area contributed by atoms with E-state index in [1.807, 2.05) is 30.3 Å². The van der Waals surface area contributed by atoms with Gasteiger partial charge in [-0.3, -0.25) is 19.8 Å². The maximum Gasteiger partial charge on any atom is 0.270 e. The molecule has 0 radical (unpaired) electrons. The van der Waals surface area contributed by atoms with E-state index in [0.717, 1.165) is 10.0 Å². The minimum absolute atomic E-state index is 0.00605. The Bertz CT molecular complexity index is 1310. The molecule has 1 N–H and O–H groups in total. The number of nitrogens with one attached hydrogen (secondary N) is 1. The zero-order chi connectivity index (χ0) is 24.4. The highest BCUT2D eigenvalue weighted by Gasteiger charge is 2.34. The molecule has 34 heavy (non-hydrogen) atoms. The van der Waals surface area contributed by atoms with E-state index < -0.39 is 11.8 Å². The average molecular weight is 535 g/mol. The quantitative estimate of drug-likeness (QED) is 0.267. The molecule has 3 aromatic carbocycles. The van der Waals surface area contributed by atoms with E-state index in [0.29, 0.717) is 23.4 Å². The molecule has 0 unspecified atom stereocenters. The highest BCUT2D eigenvalue weighted by molar-refractivity contribution is 9.10. The van der Waals surface area contributed by atoms with E-state index in [9.17, 15) is 9.59 Å². The fraction of sp³-hybridized carbons (Fsp3) is 0.148. The first-order valence-corrected chi connectivity index (χ1v) is 11.9.